The van der Waals surface area contributed by atoms with E-state index in [2.05, 4.69) is 19.1 Å². The van der Waals surface area contributed by atoms with E-state index in [1.165, 1.54) is 5.56 Å². The first-order valence-electron chi connectivity index (χ1n) is 38.8. The third kappa shape index (κ3) is 124. The van der Waals surface area contributed by atoms with E-state index < -0.39 is 155 Å². The van der Waals surface area contributed by atoms with E-state index in [-0.39, 0.29) is 170 Å². The normalized spacial score (nSPS) is 13.5. The zero-order valence-corrected chi connectivity index (χ0v) is 107. The van der Waals surface area contributed by atoms with Gasteiger partial charge in [0.15, 0.2) is 0 Å². The Morgan fingerprint density at radius 3 is 0.333 bits per heavy atom. The quantitative estimate of drug-likeness (QED) is 0.0581. The number of carbonyl (C=O) groups excluding carboxylic acids is 1. The number of aryl methyl sites for hydroxylation is 1. The Hall–Kier alpha value is 3.57. The minimum absolute atomic E-state index is 0. The zero-order chi connectivity index (χ0) is 95.3. The van der Waals surface area contributed by atoms with Crippen molar-refractivity contribution in [1.29, 1.82) is 5.26 Å². The van der Waals surface area contributed by atoms with E-state index in [4.69, 9.17) is 100 Å². The van der Waals surface area contributed by atoms with Crippen LogP contribution < -0.4 is 137 Å². The summed E-state index contributed by atoms with van der Waals surface area (Å²) >= 11 is 0. The van der Waals surface area contributed by atoms with Crippen molar-refractivity contribution in [2.45, 2.75) is 482 Å². The molecule has 1 aromatic rings. The molecule has 1 aromatic carbocycles. The Balaban J connectivity index is -0.000000100. The van der Waals surface area contributed by atoms with Gasteiger partial charge in [0.05, 0.1) is 101 Å². The van der Waals surface area contributed by atoms with Gasteiger partial charge in [0.1, 0.15) is 0 Å². The fourth-order valence-electron chi connectivity index (χ4n) is 7.66. The van der Waals surface area contributed by atoms with Gasteiger partial charge in [-0.1, -0.05) is 35.9 Å². The van der Waals surface area contributed by atoms with Gasteiger partial charge >= 0.3 is 219 Å². The summed E-state index contributed by atoms with van der Waals surface area (Å²) in [6.45, 7) is 101. The number of hydrogen-bond acceptors (Lipinski definition) is 27. The Morgan fingerprint density at radius 2 is 0.300 bits per heavy atom. The standard InChI is InChI=1S/6C12H27O4Si.C7H8.CHNO.CNO.2K.O.2U/c6*1-10(2,3)14-17(13,15-11(4,5)6)16-12(7,8)9;1-7-5-3-2-4-6-7;2*2-1-3;;;;;/h6*1-9H3;2-6H,1H3;3H;;;;;;/q6*-1;;;-1;2*+1;-2;2*+4/p-1. The maximum absolute atomic E-state index is 12.6. The Bertz CT molecular complexity index is 2200. The summed E-state index contributed by atoms with van der Waals surface area (Å²) in [5, 5.41) is 21.8. The van der Waals surface area contributed by atoms with Crippen LogP contribution in [-0.4, -0.2) is 161 Å². The largest absolute Gasteiger partial charge is 4.00 e. The topological polar surface area (TPSA) is 419 Å². The van der Waals surface area contributed by atoms with E-state index >= 15 is 0 Å². The third-order valence-electron chi connectivity index (χ3n) is 8.70. The van der Waals surface area contributed by atoms with Crippen molar-refractivity contribution in [3.63, 3.8) is 0 Å². The van der Waals surface area contributed by atoms with Crippen molar-refractivity contribution >= 4 is 60.4 Å². The second kappa shape index (κ2) is 58.8. The summed E-state index contributed by atoms with van der Waals surface area (Å²) in [4.78, 5) is 84.0. The van der Waals surface area contributed by atoms with Crippen LogP contribution in [0.1, 0.15) is 379 Å². The maximum atomic E-state index is 12.6. The molecule has 0 saturated heterocycles. The first-order valence-corrected chi connectivity index (χ1v) is 48.6. The fourth-order valence-corrected chi connectivity index (χ4v) is 21.9. The van der Waals surface area contributed by atoms with Crippen LogP contribution in [0.3, 0.4) is 0 Å². The second-order valence-electron chi connectivity index (χ2n) is 44.7. The molecule has 0 aliphatic heterocycles. The van der Waals surface area contributed by atoms with Crippen LogP contribution in [0.15, 0.2) is 30.3 Å². The Morgan fingerprint density at radius 1 is 0.242 bits per heavy atom. The first-order chi connectivity index (χ1) is 49.0. The van der Waals surface area contributed by atoms with Crippen LogP contribution in [0, 0.1) is 80.7 Å². The van der Waals surface area contributed by atoms with Gasteiger partial charge in [-0.05, 0) is 387 Å². The molecular formula is C81H170K2N2O27Si6U2. The van der Waals surface area contributed by atoms with Crippen molar-refractivity contribution in [2.24, 2.45) is 0 Å². The van der Waals surface area contributed by atoms with Crippen LogP contribution in [-0.2, 0) is 89.9 Å². The van der Waals surface area contributed by atoms with Gasteiger partial charge < -0.3 is 124 Å². The Labute approximate surface area is 872 Å². The van der Waals surface area contributed by atoms with E-state index in [0.717, 1.165) is 0 Å². The molecule has 0 spiro atoms. The van der Waals surface area contributed by atoms with Crippen molar-refractivity contribution < 1.29 is 289 Å². The van der Waals surface area contributed by atoms with E-state index in [1.54, 1.807) is 0 Å². The molecule has 0 saturated carbocycles. The minimum atomic E-state index is -3.91. The van der Waals surface area contributed by atoms with Gasteiger partial charge in [-0.15, -0.1) is 0 Å². The molecule has 0 aliphatic rings. The van der Waals surface area contributed by atoms with Crippen LogP contribution in [0.5, 0.6) is 0 Å². The number of hydrogen-bond donors (Lipinski definition) is 0. The van der Waals surface area contributed by atoms with Crippen LogP contribution in [0.4, 0.5) is 0 Å². The van der Waals surface area contributed by atoms with E-state index in [9.17, 15) is 28.8 Å². The molecule has 39 heteroatoms. The molecule has 0 radical (unpaired) electrons. The average molecular weight is 2330 g/mol. The zero-order valence-electron chi connectivity index (χ0n) is 86.3. The number of rotatable bonds is 18. The van der Waals surface area contributed by atoms with Crippen LogP contribution in [0.25, 0.3) is 5.41 Å². The average Bonchev–Trinajstić information content (AvgIpc) is 0.854. The summed E-state index contributed by atoms with van der Waals surface area (Å²) in [7, 11) is -23.4. The molecule has 0 atom stereocenters. The summed E-state index contributed by atoms with van der Waals surface area (Å²) in [5.74, 6) is 0. The monoisotopic (exact) mass is 2330 g/mol. The van der Waals surface area contributed by atoms with Gasteiger partial charge in [0.25, 0.3) is 0 Å². The predicted molar refractivity (Wildman–Crippen MR) is 456 cm³/mol. The summed E-state index contributed by atoms with van der Waals surface area (Å²) in [6.07, 6.45) is 1.00. The smallest absolute Gasteiger partial charge is 2.00 e. The van der Waals surface area contributed by atoms with Gasteiger partial charge in [-0.3, -0.25) is 4.79 Å². The van der Waals surface area contributed by atoms with Crippen LogP contribution >= 0.6 is 0 Å². The van der Waals surface area contributed by atoms with Gasteiger partial charge in [0.2, 0.25) is 0 Å². The van der Waals surface area contributed by atoms with Crippen molar-refractivity contribution in [2.75, 3.05) is 0 Å². The van der Waals surface area contributed by atoms with E-state index in [0.29, 0.717) is 12.3 Å². The first kappa shape index (κ1) is 152. The molecule has 29 nitrogen and oxygen atoms in total. The van der Waals surface area contributed by atoms with E-state index in [1.807, 2.05) is 392 Å². The molecule has 120 heavy (non-hydrogen) atoms. The molecule has 0 fully saturated rings. The maximum Gasteiger partial charge on any atom is 4.00 e. The Kier molecular flexibility index (Phi) is 74.4. The second-order valence-corrected chi connectivity index (χ2v) is 54.4. The number of isocyanates is 1. The summed E-state index contributed by atoms with van der Waals surface area (Å²) < 4.78 is 99.3. The molecule has 0 amide bonds. The minimum Gasteiger partial charge on any atom is -2.00 e. The fraction of sp³-hybridized carbons (Fsp3) is 0.901. The molecule has 700 valence electrons. The molecular weight excluding hydrogens is 2160 g/mol. The molecule has 0 N–H and O–H groups in total. The molecule has 1 rings (SSSR count). The molecule has 0 aliphatic carbocycles. The summed E-state index contributed by atoms with van der Waals surface area (Å²) in [5.41, 5.74) is -9.10. The predicted octanol–water partition coefficient (Wildman–Crippen LogP) is 7.97. The van der Waals surface area contributed by atoms with Crippen LogP contribution in [0.2, 0.25) is 0 Å². The van der Waals surface area contributed by atoms with Crippen molar-refractivity contribution in [3.8, 4) is 6.26 Å². The molecule has 0 aromatic heterocycles. The summed E-state index contributed by atoms with van der Waals surface area (Å²) in [6, 6.07) is 10.3. The van der Waals surface area contributed by atoms with Gasteiger partial charge in [-0.2, -0.15) is 0 Å². The van der Waals surface area contributed by atoms with Crippen molar-refractivity contribution in [3.05, 3.63) is 41.3 Å². The number of benzene rings is 1. The number of nitrogens with zero attached hydrogens (tertiary/aromatic N) is 2. The molecule has 0 bridgehead atoms. The van der Waals surface area contributed by atoms with Gasteiger partial charge in [0, 0.05) is 6.26 Å². The van der Waals surface area contributed by atoms with Crippen molar-refractivity contribution in [1.82, 2.24) is 0 Å². The van der Waals surface area contributed by atoms with Gasteiger partial charge in [-0.25, -0.2) is 5.26 Å². The number of nitriles is 1. The SMILES string of the molecule is CC(C)(C)O[Si]([O-])(OC(C)(C)C)OC(C)(C)C.CC(C)(C)O[Si]([O-])(OC(C)(C)C)OC(C)(C)C.CC(C)(C)O[Si]([O-])(OC(C)(C)C)OC(C)(C)C.CC(C)(C)O[Si]([O-])(OC(C)(C)C)OC(C)(C)C.CC(C)(C)O[Si]([O-])(OC(C)(C)C)OC(C)(C)C.CC(C)(C)O[Si]([O-])(OC(C)(C)C)OC(C)(C)C.Cc1ccccc1.N#C[O-].[K+].[K+].[N-]=C=O.[O-2].[U+4].[U+4]. The molecule has 0 unspecified atom stereocenters. The third-order valence-corrected chi connectivity index (χ3v) is 24.2. The molecule has 0 heterocycles.